The van der Waals surface area contributed by atoms with Gasteiger partial charge in [-0.25, -0.2) is 4.98 Å². The van der Waals surface area contributed by atoms with E-state index in [1.807, 2.05) is 35.4 Å². The number of piperazine rings is 1. The number of carbonyl (C=O) groups is 1. The average molecular weight is 396 g/mol. The van der Waals surface area contributed by atoms with Crippen molar-refractivity contribution in [1.29, 1.82) is 0 Å². The molecule has 7 nitrogen and oxygen atoms in total. The van der Waals surface area contributed by atoms with Crippen LogP contribution in [-0.2, 0) is 16.0 Å². The molecule has 4 rings (SSSR count). The van der Waals surface area contributed by atoms with E-state index in [1.54, 1.807) is 0 Å². The zero-order chi connectivity index (χ0) is 19.9. The molecule has 0 unspecified atom stereocenters. The van der Waals surface area contributed by atoms with E-state index < -0.39 is 0 Å². The first-order chi connectivity index (χ1) is 14.3. The number of ether oxygens (including phenoxy) is 1. The zero-order valence-electron chi connectivity index (χ0n) is 16.9. The minimum Gasteiger partial charge on any atom is -0.378 e. The van der Waals surface area contributed by atoms with Gasteiger partial charge in [0, 0.05) is 51.9 Å². The Labute approximate surface area is 172 Å². The SMILES string of the molecule is O=C(CCCc1ccccc1)N1CCN(c2ccnc(N3CCOCC3)n2)CC1. The lowest BCUT2D eigenvalue weighted by molar-refractivity contribution is -0.131. The van der Waals surface area contributed by atoms with Crippen molar-refractivity contribution in [1.82, 2.24) is 14.9 Å². The molecule has 2 aromatic rings. The van der Waals surface area contributed by atoms with Gasteiger partial charge in [0.15, 0.2) is 0 Å². The normalized spacial score (nSPS) is 17.4. The Morgan fingerprint density at radius 2 is 1.69 bits per heavy atom. The van der Waals surface area contributed by atoms with E-state index in [1.165, 1.54) is 5.56 Å². The summed E-state index contributed by atoms with van der Waals surface area (Å²) in [6.45, 7) is 6.22. The molecule has 0 radical (unpaired) electrons. The molecule has 0 spiro atoms. The van der Waals surface area contributed by atoms with Crippen LogP contribution in [0.25, 0.3) is 0 Å². The van der Waals surface area contributed by atoms with Crippen molar-refractivity contribution in [2.24, 2.45) is 0 Å². The quantitative estimate of drug-likeness (QED) is 0.745. The van der Waals surface area contributed by atoms with Crippen LogP contribution in [0.5, 0.6) is 0 Å². The third-order valence-electron chi connectivity index (χ3n) is 5.58. The Bertz CT molecular complexity index is 787. The minimum atomic E-state index is 0.261. The van der Waals surface area contributed by atoms with Crippen LogP contribution in [0.3, 0.4) is 0 Å². The topological polar surface area (TPSA) is 61.8 Å². The molecule has 1 aromatic carbocycles. The number of nitrogens with zero attached hydrogens (tertiary/aromatic N) is 5. The maximum Gasteiger partial charge on any atom is 0.227 e. The highest BCUT2D eigenvalue weighted by Gasteiger charge is 2.22. The Morgan fingerprint density at radius 3 is 2.45 bits per heavy atom. The standard InChI is InChI=1S/C22H29N5O2/c28-21(8-4-7-19-5-2-1-3-6-19)26-13-11-25(12-14-26)20-9-10-23-22(24-20)27-15-17-29-18-16-27/h1-3,5-6,9-10H,4,7-8,11-18H2. The van der Waals surface area contributed by atoms with Crippen LogP contribution in [0.2, 0.25) is 0 Å². The molecule has 3 heterocycles. The van der Waals surface area contributed by atoms with Gasteiger partial charge in [0.1, 0.15) is 5.82 Å². The van der Waals surface area contributed by atoms with Gasteiger partial charge in [0.25, 0.3) is 0 Å². The second-order valence-corrected chi connectivity index (χ2v) is 7.52. The number of hydrogen-bond acceptors (Lipinski definition) is 6. The van der Waals surface area contributed by atoms with Gasteiger partial charge in [-0.15, -0.1) is 0 Å². The van der Waals surface area contributed by atoms with E-state index in [0.29, 0.717) is 6.42 Å². The second kappa shape index (κ2) is 9.69. The number of benzene rings is 1. The van der Waals surface area contributed by atoms with Crippen molar-refractivity contribution in [3.63, 3.8) is 0 Å². The van der Waals surface area contributed by atoms with Crippen LogP contribution in [-0.4, -0.2) is 73.3 Å². The molecule has 29 heavy (non-hydrogen) atoms. The van der Waals surface area contributed by atoms with E-state index in [9.17, 15) is 4.79 Å². The lowest BCUT2D eigenvalue weighted by Crippen LogP contribution is -2.49. The van der Waals surface area contributed by atoms with Crippen LogP contribution in [0.15, 0.2) is 42.6 Å². The lowest BCUT2D eigenvalue weighted by Gasteiger charge is -2.36. The smallest absolute Gasteiger partial charge is 0.227 e. The van der Waals surface area contributed by atoms with Crippen LogP contribution in [0, 0.1) is 0 Å². The molecule has 0 saturated carbocycles. The Kier molecular flexibility index (Phi) is 6.56. The van der Waals surface area contributed by atoms with Crippen molar-refractivity contribution in [3.8, 4) is 0 Å². The number of rotatable bonds is 6. The van der Waals surface area contributed by atoms with Gasteiger partial charge in [-0.1, -0.05) is 30.3 Å². The summed E-state index contributed by atoms with van der Waals surface area (Å²) < 4.78 is 5.41. The van der Waals surface area contributed by atoms with Crippen molar-refractivity contribution < 1.29 is 9.53 Å². The maximum absolute atomic E-state index is 12.6. The third-order valence-corrected chi connectivity index (χ3v) is 5.58. The molecule has 1 amide bonds. The van der Waals surface area contributed by atoms with Crippen molar-refractivity contribution >= 4 is 17.7 Å². The summed E-state index contributed by atoms with van der Waals surface area (Å²) in [6, 6.07) is 12.3. The summed E-state index contributed by atoms with van der Waals surface area (Å²) >= 11 is 0. The van der Waals surface area contributed by atoms with Crippen LogP contribution < -0.4 is 9.80 Å². The van der Waals surface area contributed by atoms with Gasteiger partial charge in [-0.05, 0) is 24.5 Å². The molecule has 2 aliphatic heterocycles. The van der Waals surface area contributed by atoms with E-state index in [-0.39, 0.29) is 5.91 Å². The first kappa shape index (κ1) is 19.6. The van der Waals surface area contributed by atoms with Gasteiger partial charge in [0.2, 0.25) is 11.9 Å². The van der Waals surface area contributed by atoms with E-state index in [4.69, 9.17) is 9.72 Å². The molecule has 0 atom stereocenters. The number of morpholine rings is 1. The summed E-state index contributed by atoms with van der Waals surface area (Å²) in [7, 11) is 0. The van der Waals surface area contributed by atoms with Crippen LogP contribution in [0.1, 0.15) is 18.4 Å². The van der Waals surface area contributed by atoms with Gasteiger partial charge in [-0.3, -0.25) is 4.79 Å². The lowest BCUT2D eigenvalue weighted by atomic mass is 10.1. The summed E-state index contributed by atoms with van der Waals surface area (Å²) in [5, 5.41) is 0. The predicted molar refractivity (Wildman–Crippen MR) is 113 cm³/mol. The highest BCUT2D eigenvalue weighted by Crippen LogP contribution is 2.18. The number of carbonyl (C=O) groups excluding carboxylic acids is 1. The fourth-order valence-corrected chi connectivity index (χ4v) is 3.86. The maximum atomic E-state index is 12.6. The molecule has 2 aliphatic rings. The first-order valence-corrected chi connectivity index (χ1v) is 10.5. The number of aromatic nitrogens is 2. The first-order valence-electron chi connectivity index (χ1n) is 10.5. The molecule has 154 valence electrons. The molecule has 0 aliphatic carbocycles. The highest BCUT2D eigenvalue weighted by molar-refractivity contribution is 5.76. The summed E-state index contributed by atoms with van der Waals surface area (Å²) in [5.41, 5.74) is 1.30. The largest absolute Gasteiger partial charge is 0.378 e. The molecular weight excluding hydrogens is 366 g/mol. The molecular formula is C22H29N5O2. The van der Waals surface area contributed by atoms with Crippen molar-refractivity contribution in [2.75, 3.05) is 62.3 Å². The second-order valence-electron chi connectivity index (χ2n) is 7.52. The molecule has 0 bridgehead atoms. The van der Waals surface area contributed by atoms with Crippen molar-refractivity contribution in [2.45, 2.75) is 19.3 Å². The van der Waals surface area contributed by atoms with Gasteiger partial charge >= 0.3 is 0 Å². The van der Waals surface area contributed by atoms with Gasteiger partial charge in [0.05, 0.1) is 13.2 Å². The van der Waals surface area contributed by atoms with Gasteiger partial charge < -0.3 is 19.4 Å². The molecule has 1 aromatic heterocycles. The minimum absolute atomic E-state index is 0.261. The van der Waals surface area contributed by atoms with Crippen LogP contribution >= 0.6 is 0 Å². The third kappa shape index (κ3) is 5.23. The number of aryl methyl sites for hydroxylation is 1. The summed E-state index contributed by atoms with van der Waals surface area (Å²) in [5.74, 6) is 1.97. The van der Waals surface area contributed by atoms with Gasteiger partial charge in [-0.2, -0.15) is 4.98 Å². The Morgan fingerprint density at radius 1 is 0.931 bits per heavy atom. The van der Waals surface area contributed by atoms with Crippen LogP contribution in [0.4, 0.5) is 11.8 Å². The number of hydrogen-bond donors (Lipinski definition) is 0. The Balaban J connectivity index is 1.25. The summed E-state index contributed by atoms with van der Waals surface area (Å²) in [4.78, 5) is 28.1. The summed E-state index contributed by atoms with van der Waals surface area (Å²) in [6.07, 6.45) is 4.30. The monoisotopic (exact) mass is 395 g/mol. The molecule has 2 saturated heterocycles. The fraction of sp³-hybridized carbons (Fsp3) is 0.500. The number of amides is 1. The number of anilines is 2. The zero-order valence-corrected chi connectivity index (χ0v) is 16.9. The predicted octanol–water partition coefficient (Wildman–Crippen LogP) is 1.98. The molecule has 0 N–H and O–H groups in total. The average Bonchev–Trinajstić information content (AvgIpc) is 2.80. The Hall–Kier alpha value is -2.67. The van der Waals surface area contributed by atoms with Crippen molar-refractivity contribution in [3.05, 3.63) is 48.2 Å². The molecule has 7 heteroatoms. The van der Waals surface area contributed by atoms with E-state index in [2.05, 4.69) is 26.9 Å². The molecule has 2 fully saturated rings. The van der Waals surface area contributed by atoms with E-state index >= 15 is 0 Å². The van der Waals surface area contributed by atoms with E-state index in [0.717, 1.165) is 77.1 Å². The highest BCUT2D eigenvalue weighted by atomic mass is 16.5. The fourth-order valence-electron chi connectivity index (χ4n) is 3.86.